The lowest BCUT2D eigenvalue weighted by Crippen LogP contribution is -2.51. The fourth-order valence-electron chi connectivity index (χ4n) is 2.91. The predicted molar refractivity (Wildman–Crippen MR) is 95.0 cm³/mol. The molecule has 0 bridgehead atoms. The van der Waals surface area contributed by atoms with E-state index in [0.29, 0.717) is 32.6 Å². The number of aromatic carboxylic acids is 1. The standard InChI is InChI=1S/C18H21N5O4/c1-13-2-4-14(5-3-13)10-16(24)21-6-8-22(9-7-21)17(25)12-23-11-15(18(26)27)19-20-23/h2-5,11H,6-10,12H2,1H3,(H,26,27). The van der Waals surface area contributed by atoms with Crippen molar-refractivity contribution in [1.29, 1.82) is 0 Å². The molecule has 142 valence electrons. The van der Waals surface area contributed by atoms with Crippen LogP contribution in [0.25, 0.3) is 0 Å². The normalized spacial score (nSPS) is 14.3. The van der Waals surface area contributed by atoms with Crippen LogP contribution in [-0.2, 0) is 22.6 Å². The van der Waals surface area contributed by atoms with E-state index >= 15 is 0 Å². The number of carbonyl (C=O) groups excluding carboxylic acids is 2. The third kappa shape index (κ3) is 4.69. The molecule has 0 unspecified atom stereocenters. The van der Waals surface area contributed by atoms with Gasteiger partial charge in [0.25, 0.3) is 0 Å². The van der Waals surface area contributed by atoms with Gasteiger partial charge in [-0.05, 0) is 12.5 Å². The highest BCUT2D eigenvalue weighted by molar-refractivity contribution is 5.85. The number of carbonyl (C=O) groups is 3. The molecule has 1 aromatic carbocycles. The van der Waals surface area contributed by atoms with Gasteiger partial charge in [-0.15, -0.1) is 5.10 Å². The molecular weight excluding hydrogens is 350 g/mol. The average Bonchev–Trinajstić information content (AvgIpc) is 3.12. The highest BCUT2D eigenvalue weighted by Crippen LogP contribution is 2.09. The molecule has 2 aromatic rings. The average molecular weight is 371 g/mol. The largest absolute Gasteiger partial charge is 0.476 e. The van der Waals surface area contributed by atoms with Crippen molar-refractivity contribution in [3.8, 4) is 0 Å². The molecular formula is C18H21N5O4. The number of piperazine rings is 1. The van der Waals surface area contributed by atoms with E-state index < -0.39 is 5.97 Å². The number of nitrogens with zero attached hydrogens (tertiary/aromatic N) is 5. The molecule has 9 nitrogen and oxygen atoms in total. The summed E-state index contributed by atoms with van der Waals surface area (Å²) < 4.78 is 1.21. The van der Waals surface area contributed by atoms with Crippen LogP contribution in [0.15, 0.2) is 30.5 Å². The third-order valence-electron chi connectivity index (χ3n) is 4.52. The molecule has 9 heteroatoms. The third-order valence-corrected chi connectivity index (χ3v) is 4.52. The SMILES string of the molecule is Cc1ccc(CC(=O)N2CCN(C(=O)Cn3cc(C(=O)O)nn3)CC2)cc1. The van der Waals surface area contributed by atoms with Crippen LogP contribution >= 0.6 is 0 Å². The quantitative estimate of drug-likeness (QED) is 0.804. The molecule has 0 atom stereocenters. The molecule has 1 aliphatic heterocycles. The van der Waals surface area contributed by atoms with Gasteiger partial charge in [0.2, 0.25) is 11.8 Å². The molecule has 1 aliphatic rings. The maximum Gasteiger partial charge on any atom is 0.358 e. The Hall–Kier alpha value is -3.23. The summed E-state index contributed by atoms with van der Waals surface area (Å²) in [7, 11) is 0. The minimum atomic E-state index is -1.19. The van der Waals surface area contributed by atoms with Crippen molar-refractivity contribution in [2.75, 3.05) is 26.2 Å². The van der Waals surface area contributed by atoms with Crippen molar-refractivity contribution in [3.05, 3.63) is 47.3 Å². The molecule has 0 aliphatic carbocycles. The number of hydrogen-bond acceptors (Lipinski definition) is 5. The lowest BCUT2D eigenvalue weighted by atomic mass is 10.1. The van der Waals surface area contributed by atoms with Crippen LogP contribution in [0.2, 0.25) is 0 Å². The molecule has 1 saturated heterocycles. The zero-order valence-electron chi connectivity index (χ0n) is 15.0. The second-order valence-corrected chi connectivity index (χ2v) is 6.53. The maximum absolute atomic E-state index is 12.4. The van der Waals surface area contributed by atoms with Gasteiger partial charge in [-0.25, -0.2) is 9.48 Å². The van der Waals surface area contributed by atoms with Crippen LogP contribution in [0.5, 0.6) is 0 Å². The van der Waals surface area contributed by atoms with Crippen molar-refractivity contribution >= 4 is 17.8 Å². The van der Waals surface area contributed by atoms with Gasteiger partial charge in [-0.3, -0.25) is 9.59 Å². The van der Waals surface area contributed by atoms with E-state index in [4.69, 9.17) is 5.11 Å². The number of aryl methyl sites for hydroxylation is 1. The number of amides is 2. The Morgan fingerprint density at radius 1 is 1.00 bits per heavy atom. The molecule has 27 heavy (non-hydrogen) atoms. The molecule has 0 saturated carbocycles. The molecule has 0 spiro atoms. The van der Waals surface area contributed by atoms with Gasteiger partial charge in [0.1, 0.15) is 6.54 Å². The summed E-state index contributed by atoms with van der Waals surface area (Å²) in [5.74, 6) is -1.31. The number of aromatic nitrogens is 3. The van der Waals surface area contributed by atoms with Crippen molar-refractivity contribution in [2.45, 2.75) is 19.9 Å². The van der Waals surface area contributed by atoms with Crippen LogP contribution in [0.1, 0.15) is 21.6 Å². The van der Waals surface area contributed by atoms with E-state index in [1.807, 2.05) is 31.2 Å². The second-order valence-electron chi connectivity index (χ2n) is 6.53. The van der Waals surface area contributed by atoms with Crippen molar-refractivity contribution in [2.24, 2.45) is 0 Å². The number of hydrogen-bond donors (Lipinski definition) is 1. The molecule has 1 fully saturated rings. The minimum absolute atomic E-state index is 0.0494. The van der Waals surface area contributed by atoms with Gasteiger partial charge in [0.05, 0.1) is 12.6 Å². The molecule has 3 rings (SSSR count). The highest BCUT2D eigenvalue weighted by Gasteiger charge is 2.24. The Labute approximate surface area is 156 Å². The monoisotopic (exact) mass is 371 g/mol. The topological polar surface area (TPSA) is 109 Å². The van der Waals surface area contributed by atoms with Gasteiger partial charge in [-0.2, -0.15) is 0 Å². The number of rotatable bonds is 5. The Morgan fingerprint density at radius 2 is 1.59 bits per heavy atom. The maximum atomic E-state index is 12.4. The van der Waals surface area contributed by atoms with Crippen LogP contribution in [0.4, 0.5) is 0 Å². The van der Waals surface area contributed by atoms with E-state index in [9.17, 15) is 14.4 Å². The summed E-state index contributed by atoms with van der Waals surface area (Å²) in [6, 6.07) is 7.88. The number of carboxylic acid groups (broad SMARTS) is 1. The van der Waals surface area contributed by atoms with E-state index in [1.165, 1.54) is 10.9 Å². The van der Waals surface area contributed by atoms with Crippen LogP contribution in [0, 0.1) is 6.92 Å². The van der Waals surface area contributed by atoms with E-state index in [1.54, 1.807) is 9.80 Å². The second kappa shape index (κ2) is 7.98. The van der Waals surface area contributed by atoms with Gasteiger partial charge < -0.3 is 14.9 Å². The van der Waals surface area contributed by atoms with E-state index in [2.05, 4.69) is 10.3 Å². The van der Waals surface area contributed by atoms with E-state index in [-0.39, 0.29) is 24.1 Å². The van der Waals surface area contributed by atoms with Gasteiger partial charge in [-0.1, -0.05) is 35.0 Å². The van der Waals surface area contributed by atoms with E-state index in [0.717, 1.165) is 11.1 Å². The molecule has 2 heterocycles. The molecule has 1 N–H and O–H groups in total. The first-order valence-corrected chi connectivity index (χ1v) is 8.67. The predicted octanol–water partition coefficient (Wildman–Crippen LogP) is 0.198. The Balaban J connectivity index is 1.48. The Kier molecular flexibility index (Phi) is 5.49. The van der Waals surface area contributed by atoms with Crippen LogP contribution in [-0.4, -0.2) is 73.9 Å². The summed E-state index contributed by atoms with van der Waals surface area (Å²) in [4.78, 5) is 39.0. The zero-order valence-corrected chi connectivity index (χ0v) is 15.0. The summed E-state index contributed by atoms with van der Waals surface area (Å²) in [5.41, 5.74) is 1.93. The van der Waals surface area contributed by atoms with Gasteiger partial charge >= 0.3 is 5.97 Å². The van der Waals surface area contributed by atoms with Gasteiger partial charge in [0, 0.05) is 26.2 Å². The fourth-order valence-corrected chi connectivity index (χ4v) is 2.91. The lowest BCUT2D eigenvalue weighted by Gasteiger charge is -2.34. The number of benzene rings is 1. The highest BCUT2D eigenvalue weighted by atomic mass is 16.4. The van der Waals surface area contributed by atoms with Crippen molar-refractivity contribution in [1.82, 2.24) is 24.8 Å². The first kappa shape index (κ1) is 18.6. The first-order chi connectivity index (χ1) is 12.9. The van der Waals surface area contributed by atoms with Gasteiger partial charge in [0.15, 0.2) is 5.69 Å². The molecule has 2 amide bonds. The van der Waals surface area contributed by atoms with Crippen LogP contribution in [0.3, 0.4) is 0 Å². The Morgan fingerprint density at radius 3 is 2.15 bits per heavy atom. The fraction of sp³-hybridized carbons (Fsp3) is 0.389. The zero-order chi connectivity index (χ0) is 19.4. The molecule has 1 aromatic heterocycles. The van der Waals surface area contributed by atoms with Crippen molar-refractivity contribution < 1.29 is 19.5 Å². The smallest absolute Gasteiger partial charge is 0.358 e. The van der Waals surface area contributed by atoms with Crippen molar-refractivity contribution in [3.63, 3.8) is 0 Å². The van der Waals surface area contributed by atoms with Crippen LogP contribution < -0.4 is 0 Å². The minimum Gasteiger partial charge on any atom is -0.476 e. The number of carboxylic acids is 1. The lowest BCUT2D eigenvalue weighted by molar-refractivity contribution is -0.139. The Bertz CT molecular complexity index is 838. The summed E-state index contributed by atoms with van der Waals surface area (Å²) >= 11 is 0. The molecule has 0 radical (unpaired) electrons. The first-order valence-electron chi connectivity index (χ1n) is 8.67. The summed E-state index contributed by atoms with van der Waals surface area (Å²) in [6.45, 7) is 3.78. The summed E-state index contributed by atoms with van der Waals surface area (Å²) in [6.07, 6.45) is 1.58. The summed E-state index contributed by atoms with van der Waals surface area (Å²) in [5, 5.41) is 16.0.